The molecule has 0 amide bonds. The summed E-state index contributed by atoms with van der Waals surface area (Å²) in [6.07, 6.45) is 0.264. The molecule has 2 N–H and O–H groups in total. The molecule has 1 aromatic heterocycles. The molecule has 5 heteroatoms. The first-order chi connectivity index (χ1) is 10.3. The van der Waals surface area contributed by atoms with Gasteiger partial charge in [0.2, 0.25) is 11.7 Å². The van der Waals surface area contributed by atoms with Crippen molar-refractivity contribution in [1.82, 2.24) is 15.5 Å². The lowest BCUT2D eigenvalue weighted by Gasteiger charge is -2.03. The maximum atomic E-state index is 9.57. The zero-order chi connectivity index (χ0) is 14.2. The molecule has 1 aliphatic rings. The third-order valence-corrected chi connectivity index (χ3v) is 3.88. The third kappa shape index (κ3) is 2.20. The number of aromatic nitrogens is 2. The van der Waals surface area contributed by atoms with Gasteiger partial charge in [-0.15, -0.1) is 0 Å². The summed E-state index contributed by atoms with van der Waals surface area (Å²) < 4.78 is 5.37. The Balaban J connectivity index is 1.74. The van der Waals surface area contributed by atoms with Gasteiger partial charge in [-0.25, -0.2) is 0 Å². The molecule has 0 spiro atoms. The zero-order valence-corrected chi connectivity index (χ0v) is 11.4. The molecule has 0 saturated carbocycles. The van der Waals surface area contributed by atoms with Crippen molar-refractivity contribution in [3.63, 3.8) is 0 Å². The van der Waals surface area contributed by atoms with Crippen molar-refractivity contribution in [3.05, 3.63) is 48.4 Å². The van der Waals surface area contributed by atoms with E-state index < -0.39 is 0 Å². The molecule has 106 valence electrons. The summed E-state index contributed by atoms with van der Waals surface area (Å²) in [5, 5.41) is 19.1. The Kier molecular flexibility index (Phi) is 2.94. The lowest BCUT2D eigenvalue weighted by Crippen LogP contribution is -2.15. The fourth-order valence-electron chi connectivity index (χ4n) is 2.81. The number of rotatable bonds is 2. The van der Waals surface area contributed by atoms with Gasteiger partial charge < -0.3 is 14.9 Å². The van der Waals surface area contributed by atoms with Crippen LogP contribution in [0.2, 0.25) is 0 Å². The molecule has 2 heterocycles. The van der Waals surface area contributed by atoms with E-state index in [-0.39, 0.29) is 12.1 Å². The second kappa shape index (κ2) is 4.95. The van der Waals surface area contributed by atoms with Crippen molar-refractivity contribution >= 4 is 10.8 Å². The van der Waals surface area contributed by atoms with E-state index in [1.807, 2.05) is 24.3 Å². The molecular weight excluding hydrogens is 266 g/mol. The second-order valence-corrected chi connectivity index (χ2v) is 5.33. The lowest BCUT2D eigenvalue weighted by atomic mass is 10.0. The third-order valence-electron chi connectivity index (χ3n) is 3.88. The highest BCUT2D eigenvalue weighted by Crippen LogP contribution is 2.29. The Hall–Kier alpha value is -2.24. The van der Waals surface area contributed by atoms with E-state index in [4.69, 9.17) is 4.52 Å². The lowest BCUT2D eigenvalue weighted by molar-refractivity contribution is 0.191. The van der Waals surface area contributed by atoms with Crippen LogP contribution in [0, 0.1) is 0 Å². The van der Waals surface area contributed by atoms with Gasteiger partial charge >= 0.3 is 0 Å². The van der Waals surface area contributed by atoms with Crippen LogP contribution in [0.3, 0.4) is 0 Å². The average molecular weight is 281 g/mol. The summed E-state index contributed by atoms with van der Waals surface area (Å²) in [7, 11) is 0. The van der Waals surface area contributed by atoms with Crippen LogP contribution < -0.4 is 5.32 Å². The molecule has 1 fully saturated rings. The highest BCUT2D eigenvalue weighted by molar-refractivity contribution is 5.94. The highest BCUT2D eigenvalue weighted by Gasteiger charge is 2.28. The molecule has 0 radical (unpaired) electrons. The fourth-order valence-corrected chi connectivity index (χ4v) is 2.81. The Morgan fingerprint density at radius 3 is 2.86 bits per heavy atom. The van der Waals surface area contributed by atoms with Crippen LogP contribution in [0.4, 0.5) is 0 Å². The monoisotopic (exact) mass is 281 g/mol. The van der Waals surface area contributed by atoms with E-state index in [1.54, 1.807) is 0 Å². The highest BCUT2D eigenvalue weighted by atomic mass is 16.5. The first kappa shape index (κ1) is 12.5. The molecule has 5 nitrogen and oxygen atoms in total. The number of aliphatic hydroxyl groups is 1. The topological polar surface area (TPSA) is 71.2 Å². The minimum atomic E-state index is -0.345. The molecule has 0 unspecified atom stereocenters. The number of aliphatic hydroxyl groups excluding tert-OH is 1. The van der Waals surface area contributed by atoms with Gasteiger partial charge in [-0.05, 0) is 17.2 Å². The molecule has 1 saturated heterocycles. The quantitative estimate of drug-likeness (QED) is 0.754. The van der Waals surface area contributed by atoms with Gasteiger partial charge in [-0.2, -0.15) is 4.98 Å². The van der Waals surface area contributed by atoms with Crippen LogP contribution in [0.25, 0.3) is 22.2 Å². The maximum Gasteiger partial charge on any atom is 0.244 e. The molecule has 21 heavy (non-hydrogen) atoms. The van der Waals surface area contributed by atoms with E-state index in [0.717, 1.165) is 16.3 Å². The predicted octanol–water partition coefficient (Wildman–Crippen LogP) is 2.29. The van der Waals surface area contributed by atoms with Crippen molar-refractivity contribution in [2.24, 2.45) is 0 Å². The van der Waals surface area contributed by atoms with Crippen LogP contribution in [0.15, 0.2) is 47.0 Å². The Bertz CT molecular complexity index is 779. The van der Waals surface area contributed by atoms with Gasteiger partial charge in [0, 0.05) is 12.1 Å². The van der Waals surface area contributed by atoms with Crippen LogP contribution in [0.1, 0.15) is 18.4 Å². The minimum absolute atomic E-state index is 0.0590. The standard InChI is InChI=1S/C16H15N3O2/c20-11-8-14(17-9-11)16-18-15(19-21-16)13-7-3-5-10-4-1-2-6-12(10)13/h1-7,11,14,17,20H,8-9H2/t11-,14-/m0/s1. The van der Waals surface area contributed by atoms with Gasteiger partial charge in [0.05, 0.1) is 12.1 Å². The molecule has 4 rings (SSSR count). The molecular formula is C16H15N3O2. The Morgan fingerprint density at radius 1 is 1.14 bits per heavy atom. The number of fused-ring (bicyclic) bond motifs is 1. The number of β-amino-alcohol motifs (C(OH)–C–C–N with tert-alkyl or cyclic N) is 1. The van der Waals surface area contributed by atoms with Crippen molar-refractivity contribution in [2.45, 2.75) is 18.6 Å². The number of nitrogens with one attached hydrogen (secondary N) is 1. The first-order valence-corrected chi connectivity index (χ1v) is 7.04. The number of hydrogen-bond acceptors (Lipinski definition) is 5. The average Bonchev–Trinajstić information content (AvgIpc) is 3.15. The van der Waals surface area contributed by atoms with Crippen molar-refractivity contribution in [3.8, 4) is 11.4 Å². The Labute approximate surface area is 121 Å². The summed E-state index contributed by atoms with van der Waals surface area (Å²) >= 11 is 0. The smallest absolute Gasteiger partial charge is 0.244 e. The van der Waals surface area contributed by atoms with Gasteiger partial charge in [0.15, 0.2) is 0 Å². The van der Waals surface area contributed by atoms with Crippen molar-refractivity contribution in [2.75, 3.05) is 6.54 Å². The summed E-state index contributed by atoms with van der Waals surface area (Å²) in [5.41, 5.74) is 0.960. The van der Waals surface area contributed by atoms with Crippen LogP contribution in [-0.2, 0) is 0 Å². The van der Waals surface area contributed by atoms with E-state index in [1.165, 1.54) is 0 Å². The zero-order valence-electron chi connectivity index (χ0n) is 11.4. The van der Waals surface area contributed by atoms with Gasteiger partial charge in [0.1, 0.15) is 0 Å². The number of hydrogen-bond donors (Lipinski definition) is 2. The number of benzene rings is 2. The predicted molar refractivity (Wildman–Crippen MR) is 78.6 cm³/mol. The minimum Gasteiger partial charge on any atom is -0.392 e. The van der Waals surface area contributed by atoms with Crippen molar-refractivity contribution in [1.29, 1.82) is 0 Å². The van der Waals surface area contributed by atoms with E-state index in [0.29, 0.717) is 24.7 Å². The summed E-state index contributed by atoms with van der Waals surface area (Å²) in [6, 6.07) is 14.1. The van der Waals surface area contributed by atoms with Crippen LogP contribution in [0.5, 0.6) is 0 Å². The summed E-state index contributed by atoms with van der Waals surface area (Å²) in [4.78, 5) is 4.50. The van der Waals surface area contributed by atoms with Gasteiger partial charge in [0.25, 0.3) is 0 Å². The second-order valence-electron chi connectivity index (χ2n) is 5.33. The molecule has 0 aliphatic carbocycles. The van der Waals surface area contributed by atoms with E-state index in [9.17, 15) is 5.11 Å². The van der Waals surface area contributed by atoms with Crippen LogP contribution >= 0.6 is 0 Å². The Morgan fingerprint density at radius 2 is 2.00 bits per heavy atom. The summed E-state index contributed by atoms with van der Waals surface area (Å²) in [5.74, 6) is 1.12. The van der Waals surface area contributed by atoms with Gasteiger partial charge in [-0.1, -0.05) is 47.6 Å². The normalized spacial score (nSPS) is 22.0. The van der Waals surface area contributed by atoms with Crippen molar-refractivity contribution < 1.29 is 9.63 Å². The fraction of sp³-hybridized carbons (Fsp3) is 0.250. The maximum absolute atomic E-state index is 9.57. The first-order valence-electron chi connectivity index (χ1n) is 7.04. The molecule has 2 aromatic carbocycles. The van der Waals surface area contributed by atoms with Crippen LogP contribution in [-0.4, -0.2) is 27.9 Å². The largest absolute Gasteiger partial charge is 0.392 e. The molecule has 0 bridgehead atoms. The van der Waals surface area contributed by atoms with Gasteiger partial charge in [-0.3, -0.25) is 0 Å². The van der Waals surface area contributed by atoms with E-state index in [2.05, 4.69) is 33.7 Å². The molecule has 3 aromatic rings. The molecule has 1 aliphatic heterocycles. The SMILES string of the molecule is O[C@@H]1CN[C@H](c2nc(-c3cccc4ccccc34)no2)C1. The summed E-state index contributed by atoms with van der Waals surface area (Å²) in [6.45, 7) is 0.566. The number of nitrogens with zero attached hydrogens (tertiary/aromatic N) is 2. The molecule has 2 atom stereocenters. The van der Waals surface area contributed by atoms with E-state index >= 15 is 0 Å².